The summed E-state index contributed by atoms with van der Waals surface area (Å²) >= 11 is 0. The summed E-state index contributed by atoms with van der Waals surface area (Å²) in [5.41, 5.74) is 2.19. The molecule has 2 aliphatic rings. The molecule has 0 bridgehead atoms. The van der Waals surface area contributed by atoms with E-state index < -0.39 is 6.10 Å². The van der Waals surface area contributed by atoms with Gasteiger partial charge >= 0.3 is 0 Å². The summed E-state index contributed by atoms with van der Waals surface area (Å²) in [6, 6.07) is 0. The van der Waals surface area contributed by atoms with E-state index in [2.05, 4.69) is 20.4 Å². The molecule has 0 aromatic rings. The lowest BCUT2D eigenvalue weighted by atomic mass is 9.46. The molecule has 0 unspecified atom stereocenters. The molecule has 3 N–H and O–H groups in total. The molecule has 3 heteroatoms. The van der Waals surface area contributed by atoms with E-state index in [1.165, 1.54) is 5.57 Å². The molecule has 2 saturated carbocycles. The van der Waals surface area contributed by atoms with Crippen molar-refractivity contribution in [2.45, 2.75) is 65.4 Å². The van der Waals surface area contributed by atoms with Crippen molar-refractivity contribution in [1.82, 2.24) is 0 Å². The van der Waals surface area contributed by atoms with Gasteiger partial charge < -0.3 is 15.3 Å². The van der Waals surface area contributed by atoms with Crippen molar-refractivity contribution in [1.29, 1.82) is 0 Å². The minimum atomic E-state index is -0.526. The van der Waals surface area contributed by atoms with Gasteiger partial charge in [0.05, 0.1) is 12.7 Å². The minimum Gasteiger partial charge on any atom is -0.396 e. The zero-order chi connectivity index (χ0) is 17.3. The maximum absolute atomic E-state index is 10.5. The number of allylic oxidation sites excluding steroid dienone is 1. The van der Waals surface area contributed by atoms with Crippen LogP contribution < -0.4 is 0 Å². The zero-order valence-electron chi connectivity index (χ0n) is 15.0. The van der Waals surface area contributed by atoms with E-state index in [9.17, 15) is 10.2 Å². The van der Waals surface area contributed by atoms with Crippen LogP contribution in [0.15, 0.2) is 23.8 Å². The molecule has 0 aromatic heterocycles. The highest BCUT2D eigenvalue weighted by atomic mass is 16.3. The first-order valence-corrected chi connectivity index (χ1v) is 9.02. The van der Waals surface area contributed by atoms with E-state index in [4.69, 9.17) is 5.11 Å². The van der Waals surface area contributed by atoms with Crippen molar-refractivity contribution in [2.75, 3.05) is 13.2 Å². The molecule has 0 amide bonds. The molecule has 0 saturated heterocycles. The predicted molar refractivity (Wildman–Crippen MR) is 94.0 cm³/mol. The quantitative estimate of drug-likeness (QED) is 0.679. The van der Waals surface area contributed by atoms with Gasteiger partial charge in [-0.2, -0.15) is 0 Å². The second-order valence-corrected chi connectivity index (χ2v) is 8.36. The van der Waals surface area contributed by atoms with E-state index in [-0.39, 0.29) is 30.0 Å². The third kappa shape index (κ3) is 3.42. The summed E-state index contributed by atoms with van der Waals surface area (Å²) in [6.07, 6.45) is 7.31. The Labute approximate surface area is 141 Å². The first kappa shape index (κ1) is 18.7. The van der Waals surface area contributed by atoms with Crippen LogP contribution in [0.2, 0.25) is 0 Å². The molecule has 132 valence electrons. The number of fused-ring (bicyclic) bond motifs is 1. The van der Waals surface area contributed by atoms with Gasteiger partial charge in [0, 0.05) is 6.61 Å². The molecule has 23 heavy (non-hydrogen) atoms. The Kier molecular flexibility index (Phi) is 5.76. The highest BCUT2D eigenvalue weighted by Gasteiger charge is 2.54. The molecule has 2 fully saturated rings. The van der Waals surface area contributed by atoms with Gasteiger partial charge in [-0.1, -0.05) is 38.5 Å². The summed E-state index contributed by atoms with van der Waals surface area (Å²) in [5, 5.41) is 29.6. The van der Waals surface area contributed by atoms with E-state index in [0.717, 1.165) is 37.7 Å². The predicted octanol–water partition coefficient (Wildman–Crippen LogP) is 3.45. The Morgan fingerprint density at radius 1 is 1.35 bits per heavy atom. The van der Waals surface area contributed by atoms with E-state index in [1.54, 1.807) is 6.08 Å². The Hall–Kier alpha value is -0.640. The first-order valence-electron chi connectivity index (χ1n) is 9.02. The van der Waals surface area contributed by atoms with Crippen molar-refractivity contribution in [3.8, 4) is 0 Å². The Morgan fingerprint density at radius 2 is 2.04 bits per heavy atom. The second-order valence-electron chi connectivity index (χ2n) is 8.36. The average molecular weight is 322 g/mol. The van der Waals surface area contributed by atoms with Crippen LogP contribution in [0.4, 0.5) is 0 Å². The van der Waals surface area contributed by atoms with Crippen molar-refractivity contribution < 1.29 is 15.3 Å². The summed E-state index contributed by atoms with van der Waals surface area (Å²) in [4.78, 5) is 0. The number of rotatable bonds is 5. The summed E-state index contributed by atoms with van der Waals surface area (Å²) in [6.45, 7) is 11.0. The number of aliphatic hydroxyl groups is 3. The fourth-order valence-corrected chi connectivity index (χ4v) is 5.40. The van der Waals surface area contributed by atoms with Gasteiger partial charge in [0.15, 0.2) is 0 Å². The van der Waals surface area contributed by atoms with Crippen molar-refractivity contribution in [3.05, 3.63) is 23.8 Å². The maximum Gasteiger partial charge on any atom is 0.0754 e. The Balaban J connectivity index is 2.27. The molecule has 5 atom stereocenters. The van der Waals surface area contributed by atoms with Crippen LogP contribution in [0.5, 0.6) is 0 Å². The molecule has 2 rings (SSSR count). The van der Waals surface area contributed by atoms with Crippen molar-refractivity contribution in [2.24, 2.45) is 22.7 Å². The number of hydrogen-bond acceptors (Lipinski definition) is 3. The van der Waals surface area contributed by atoms with Gasteiger partial charge in [-0.3, -0.25) is 0 Å². The SMILES string of the molecule is C=C1CC[C@H]2[C@@](C)(CO)CCC[C@]2(C)[C@H]1C[C@@H](O)/C(C)=C/CO. The highest BCUT2D eigenvalue weighted by Crippen LogP contribution is 2.61. The smallest absolute Gasteiger partial charge is 0.0754 e. The van der Waals surface area contributed by atoms with Crippen LogP contribution in [0, 0.1) is 22.7 Å². The minimum absolute atomic E-state index is 0.00706. The van der Waals surface area contributed by atoms with Crippen LogP contribution in [0.3, 0.4) is 0 Å². The van der Waals surface area contributed by atoms with Gasteiger partial charge in [-0.15, -0.1) is 0 Å². The second kappa shape index (κ2) is 7.08. The standard InChI is InChI=1S/C20H34O3/c1-14-6-7-18-19(3,13-22)9-5-10-20(18,4)16(14)12-17(23)15(2)8-11-21/h8,16-18,21-23H,1,5-7,9-13H2,2-4H3/b15-8+/t16-,17+,18-,19+,20+/m0/s1. The topological polar surface area (TPSA) is 60.7 Å². The van der Waals surface area contributed by atoms with Crippen LogP contribution >= 0.6 is 0 Å². The third-order valence-electron chi connectivity index (χ3n) is 6.90. The Bertz CT molecular complexity index is 470. The van der Waals surface area contributed by atoms with Crippen LogP contribution in [-0.2, 0) is 0 Å². The molecule has 0 heterocycles. The van der Waals surface area contributed by atoms with E-state index >= 15 is 0 Å². The number of hydrogen-bond donors (Lipinski definition) is 3. The van der Waals surface area contributed by atoms with Crippen LogP contribution in [0.1, 0.15) is 59.3 Å². The normalized spacial score (nSPS) is 39.9. The lowest BCUT2D eigenvalue weighted by Crippen LogP contribution is -2.52. The molecule has 0 aliphatic heterocycles. The third-order valence-corrected chi connectivity index (χ3v) is 6.90. The van der Waals surface area contributed by atoms with E-state index in [0.29, 0.717) is 12.3 Å². The van der Waals surface area contributed by atoms with Crippen molar-refractivity contribution >= 4 is 0 Å². The fourth-order valence-electron chi connectivity index (χ4n) is 5.40. The van der Waals surface area contributed by atoms with Crippen LogP contribution in [0.25, 0.3) is 0 Å². The summed E-state index contributed by atoms with van der Waals surface area (Å²) in [7, 11) is 0. The first-order chi connectivity index (χ1) is 10.8. The average Bonchev–Trinajstić information content (AvgIpc) is 2.50. The molecular weight excluding hydrogens is 288 g/mol. The molecular formula is C20H34O3. The Morgan fingerprint density at radius 3 is 2.65 bits per heavy atom. The fraction of sp³-hybridized carbons (Fsp3) is 0.800. The summed E-state index contributed by atoms with van der Waals surface area (Å²) in [5.74, 6) is 0.767. The van der Waals surface area contributed by atoms with Gasteiger partial charge in [0.2, 0.25) is 0 Å². The monoisotopic (exact) mass is 322 g/mol. The van der Waals surface area contributed by atoms with E-state index in [1.807, 2.05) is 6.92 Å². The molecule has 0 aromatic carbocycles. The molecule has 3 nitrogen and oxygen atoms in total. The molecule has 2 aliphatic carbocycles. The van der Waals surface area contributed by atoms with Gasteiger partial charge in [0.1, 0.15) is 0 Å². The summed E-state index contributed by atoms with van der Waals surface area (Å²) < 4.78 is 0. The van der Waals surface area contributed by atoms with Crippen LogP contribution in [-0.4, -0.2) is 34.6 Å². The van der Waals surface area contributed by atoms with Gasteiger partial charge in [-0.25, -0.2) is 0 Å². The van der Waals surface area contributed by atoms with Gasteiger partial charge in [-0.05, 0) is 67.3 Å². The zero-order valence-corrected chi connectivity index (χ0v) is 15.0. The van der Waals surface area contributed by atoms with Crippen molar-refractivity contribution in [3.63, 3.8) is 0 Å². The lowest BCUT2D eigenvalue weighted by Gasteiger charge is -2.58. The largest absolute Gasteiger partial charge is 0.396 e. The maximum atomic E-state index is 10.5. The van der Waals surface area contributed by atoms with Gasteiger partial charge in [0.25, 0.3) is 0 Å². The highest BCUT2D eigenvalue weighted by molar-refractivity contribution is 5.18. The lowest BCUT2D eigenvalue weighted by molar-refractivity contribution is -0.0906. The molecule has 0 spiro atoms. The number of aliphatic hydroxyl groups excluding tert-OH is 3. The molecule has 0 radical (unpaired) electrons.